The second-order valence-corrected chi connectivity index (χ2v) is 10.4. The summed E-state index contributed by atoms with van der Waals surface area (Å²) in [7, 11) is -3.85. The van der Waals surface area contributed by atoms with Crippen molar-refractivity contribution in [2.75, 3.05) is 19.9 Å². The van der Waals surface area contributed by atoms with Gasteiger partial charge in [-0.2, -0.15) is 4.98 Å². The second kappa shape index (κ2) is 9.67. The molecule has 1 N–H and O–H groups in total. The fourth-order valence-electron chi connectivity index (χ4n) is 4.17. The van der Waals surface area contributed by atoms with E-state index in [2.05, 4.69) is 14.9 Å². The highest BCUT2D eigenvalue weighted by Gasteiger charge is 2.25. The van der Waals surface area contributed by atoms with Crippen molar-refractivity contribution in [2.45, 2.75) is 44.0 Å². The van der Waals surface area contributed by atoms with Gasteiger partial charge in [0.25, 0.3) is 0 Å². The maximum absolute atomic E-state index is 13.1. The molecule has 2 aromatic carbocycles. The number of hydrogen-bond acceptors (Lipinski definition) is 8. The Kier molecular flexibility index (Phi) is 6.44. The van der Waals surface area contributed by atoms with Gasteiger partial charge in [0.15, 0.2) is 11.5 Å². The van der Waals surface area contributed by atoms with Crippen LogP contribution in [0, 0.1) is 6.92 Å². The molecule has 1 saturated heterocycles. The van der Waals surface area contributed by atoms with E-state index in [4.69, 9.17) is 14.0 Å². The highest BCUT2D eigenvalue weighted by molar-refractivity contribution is 7.89. The SMILES string of the molecule is Cc1ccc(-c2noc(C(=O)N3CCCCCC3)n2)cc1S(=O)(=O)NCc1ccc2c(c1)OCO2. The molecule has 0 saturated carbocycles. The first-order valence-electron chi connectivity index (χ1n) is 11.5. The molecule has 1 aromatic heterocycles. The maximum atomic E-state index is 13.1. The van der Waals surface area contributed by atoms with E-state index >= 15 is 0 Å². The summed E-state index contributed by atoms with van der Waals surface area (Å²) in [6.45, 7) is 3.28. The first-order chi connectivity index (χ1) is 16.9. The number of amides is 1. The lowest BCUT2D eigenvalue weighted by molar-refractivity contribution is 0.0711. The highest BCUT2D eigenvalue weighted by Crippen LogP contribution is 2.32. The van der Waals surface area contributed by atoms with Gasteiger partial charge in [-0.1, -0.05) is 36.2 Å². The summed E-state index contributed by atoms with van der Waals surface area (Å²) in [6, 6.07) is 10.1. The average molecular weight is 499 g/mol. The maximum Gasteiger partial charge on any atom is 0.316 e. The molecule has 0 aliphatic carbocycles. The largest absolute Gasteiger partial charge is 0.454 e. The van der Waals surface area contributed by atoms with Gasteiger partial charge in [-0.05, 0) is 49.1 Å². The quantitative estimate of drug-likeness (QED) is 0.549. The van der Waals surface area contributed by atoms with Crippen LogP contribution in [0.25, 0.3) is 11.4 Å². The number of sulfonamides is 1. The van der Waals surface area contributed by atoms with Gasteiger partial charge in [0.2, 0.25) is 22.6 Å². The van der Waals surface area contributed by atoms with E-state index in [1.807, 2.05) is 0 Å². The Morgan fingerprint density at radius 3 is 2.60 bits per heavy atom. The molecule has 2 aliphatic heterocycles. The summed E-state index contributed by atoms with van der Waals surface area (Å²) in [5, 5.41) is 3.93. The smallest absolute Gasteiger partial charge is 0.316 e. The second-order valence-electron chi connectivity index (χ2n) is 8.62. The van der Waals surface area contributed by atoms with Crippen LogP contribution in [0.5, 0.6) is 11.5 Å². The third kappa shape index (κ3) is 5.01. The standard InChI is InChI=1S/C24H26N4O6S/c1-16-6-8-18(22-26-23(34-27-22)24(29)28-10-4-2-3-5-11-28)13-21(16)35(30,31)25-14-17-7-9-19-20(12-17)33-15-32-19/h6-9,12-13,25H,2-5,10-11,14-15H2,1H3. The van der Waals surface area contributed by atoms with E-state index < -0.39 is 10.0 Å². The number of rotatable bonds is 6. The molecule has 3 heterocycles. The molecule has 0 unspecified atom stereocenters. The van der Waals surface area contributed by atoms with Crippen LogP contribution >= 0.6 is 0 Å². The predicted molar refractivity (Wildman–Crippen MR) is 125 cm³/mol. The third-order valence-electron chi connectivity index (χ3n) is 6.14. The number of carbonyl (C=O) groups excluding carboxylic acids is 1. The molecular formula is C24H26N4O6S. The molecule has 0 spiro atoms. The molecule has 184 valence electrons. The predicted octanol–water partition coefficient (Wildman–Crippen LogP) is 3.27. The van der Waals surface area contributed by atoms with Crippen molar-refractivity contribution >= 4 is 15.9 Å². The zero-order valence-corrected chi connectivity index (χ0v) is 20.1. The summed E-state index contributed by atoms with van der Waals surface area (Å²) in [4.78, 5) is 18.9. The minimum absolute atomic E-state index is 0.0827. The Labute approximate surface area is 203 Å². The average Bonchev–Trinajstić information content (AvgIpc) is 3.45. The van der Waals surface area contributed by atoms with Crippen molar-refractivity contribution in [3.8, 4) is 22.9 Å². The van der Waals surface area contributed by atoms with Crippen LogP contribution in [-0.4, -0.2) is 49.2 Å². The Hall–Kier alpha value is -3.44. The number of nitrogens with zero attached hydrogens (tertiary/aromatic N) is 3. The lowest BCUT2D eigenvalue weighted by Crippen LogP contribution is -2.32. The Bertz CT molecular complexity index is 1350. The summed E-state index contributed by atoms with van der Waals surface area (Å²) in [5.41, 5.74) is 1.75. The molecule has 3 aromatic rings. The summed E-state index contributed by atoms with van der Waals surface area (Å²) >= 11 is 0. The van der Waals surface area contributed by atoms with Crippen molar-refractivity contribution in [2.24, 2.45) is 0 Å². The Morgan fingerprint density at radius 2 is 1.80 bits per heavy atom. The minimum Gasteiger partial charge on any atom is -0.454 e. The van der Waals surface area contributed by atoms with Crippen molar-refractivity contribution in [1.29, 1.82) is 0 Å². The van der Waals surface area contributed by atoms with Gasteiger partial charge in [-0.25, -0.2) is 13.1 Å². The lowest BCUT2D eigenvalue weighted by atomic mass is 10.1. The number of likely N-dealkylation sites (tertiary alicyclic amines) is 1. The third-order valence-corrected chi connectivity index (χ3v) is 7.68. The first kappa shape index (κ1) is 23.3. The number of hydrogen-bond donors (Lipinski definition) is 1. The van der Waals surface area contributed by atoms with Gasteiger partial charge in [-0.15, -0.1) is 0 Å². The fraction of sp³-hybridized carbons (Fsp3) is 0.375. The monoisotopic (exact) mass is 498 g/mol. The van der Waals surface area contributed by atoms with E-state index in [0.29, 0.717) is 35.7 Å². The van der Waals surface area contributed by atoms with Crippen LogP contribution in [0.1, 0.15) is 47.5 Å². The van der Waals surface area contributed by atoms with E-state index in [-0.39, 0.29) is 35.9 Å². The number of benzene rings is 2. The van der Waals surface area contributed by atoms with E-state index in [1.54, 1.807) is 42.2 Å². The summed E-state index contributed by atoms with van der Waals surface area (Å²) < 4.78 is 44.7. The number of fused-ring (bicyclic) bond motifs is 1. The molecule has 10 nitrogen and oxygen atoms in total. The number of aryl methyl sites for hydroxylation is 1. The van der Waals surface area contributed by atoms with Gasteiger partial charge >= 0.3 is 11.8 Å². The van der Waals surface area contributed by atoms with Crippen LogP contribution in [0.3, 0.4) is 0 Å². The number of ether oxygens (including phenoxy) is 2. The van der Waals surface area contributed by atoms with Gasteiger partial charge in [-0.3, -0.25) is 4.79 Å². The van der Waals surface area contributed by atoms with Gasteiger partial charge < -0.3 is 18.9 Å². The van der Waals surface area contributed by atoms with Crippen molar-refractivity contribution in [3.05, 3.63) is 53.4 Å². The van der Waals surface area contributed by atoms with Gasteiger partial charge in [0.05, 0.1) is 4.90 Å². The molecule has 1 amide bonds. The molecule has 2 aliphatic rings. The molecule has 1 fully saturated rings. The number of carbonyl (C=O) groups is 1. The van der Waals surface area contributed by atoms with E-state index in [0.717, 1.165) is 31.2 Å². The highest BCUT2D eigenvalue weighted by atomic mass is 32.2. The zero-order chi connectivity index (χ0) is 24.4. The molecule has 0 bridgehead atoms. The summed E-state index contributed by atoms with van der Waals surface area (Å²) in [5.74, 6) is 0.996. The first-order valence-corrected chi connectivity index (χ1v) is 13.0. The fourth-order valence-corrected chi connectivity index (χ4v) is 5.46. The minimum atomic E-state index is -3.85. The van der Waals surface area contributed by atoms with Crippen molar-refractivity contribution in [1.82, 2.24) is 19.8 Å². The Balaban J connectivity index is 1.33. The molecule has 0 radical (unpaired) electrons. The van der Waals surface area contributed by atoms with Crippen LogP contribution in [-0.2, 0) is 16.6 Å². The van der Waals surface area contributed by atoms with Crippen molar-refractivity contribution in [3.63, 3.8) is 0 Å². The topological polar surface area (TPSA) is 124 Å². The van der Waals surface area contributed by atoms with E-state index in [1.165, 1.54) is 6.07 Å². The van der Waals surface area contributed by atoms with Gasteiger partial charge in [0.1, 0.15) is 0 Å². The van der Waals surface area contributed by atoms with Crippen LogP contribution < -0.4 is 14.2 Å². The lowest BCUT2D eigenvalue weighted by Gasteiger charge is -2.17. The Morgan fingerprint density at radius 1 is 1.03 bits per heavy atom. The number of nitrogens with one attached hydrogen (secondary N) is 1. The molecule has 5 rings (SSSR count). The van der Waals surface area contributed by atoms with Crippen LogP contribution in [0.4, 0.5) is 0 Å². The molecule has 35 heavy (non-hydrogen) atoms. The van der Waals surface area contributed by atoms with Crippen LogP contribution in [0.2, 0.25) is 0 Å². The van der Waals surface area contributed by atoms with Gasteiger partial charge in [0, 0.05) is 25.2 Å². The zero-order valence-electron chi connectivity index (χ0n) is 19.3. The molecule has 11 heteroatoms. The van der Waals surface area contributed by atoms with E-state index in [9.17, 15) is 13.2 Å². The normalized spacial score (nSPS) is 15.7. The molecule has 0 atom stereocenters. The van der Waals surface area contributed by atoms with Crippen LogP contribution in [0.15, 0.2) is 45.8 Å². The summed E-state index contributed by atoms with van der Waals surface area (Å²) in [6.07, 6.45) is 4.10. The van der Waals surface area contributed by atoms with Crippen molar-refractivity contribution < 1.29 is 27.2 Å². The number of aromatic nitrogens is 2. The molecular weight excluding hydrogens is 472 g/mol.